The van der Waals surface area contributed by atoms with Gasteiger partial charge >= 0.3 is 0 Å². The molecule has 1 aliphatic heterocycles. The summed E-state index contributed by atoms with van der Waals surface area (Å²) < 4.78 is 4.79. The highest BCUT2D eigenvalue weighted by Crippen LogP contribution is 2.44. The number of rotatable bonds is 6. The predicted octanol–water partition coefficient (Wildman–Crippen LogP) is 15.1. The number of hydrogen-bond acceptors (Lipinski definition) is 2. The summed E-state index contributed by atoms with van der Waals surface area (Å²) >= 11 is 0. The standard InChI is InChI=1S/C60H40N4/c1-4-16-39(17-5-1)43-34-44(40-18-6-2-7-19-40)36-45(35-43)58-52-26-14-15-27-54(52)61-60(62-58)41-28-30-47(31-29-41)64-56-38-55-42(32-33-63(55)46-20-8-3-9-21-46)37-53(56)57-50-24-12-10-22-48(50)49-23-11-13-25-51(49)59(57)64/h1-38,58H,(H,61,62). The van der Waals surface area contributed by atoms with Crippen molar-refractivity contribution in [3.05, 3.63) is 247 Å². The number of hydrogen-bond donors (Lipinski definition) is 1. The average Bonchev–Trinajstić information content (AvgIpc) is 3.95. The molecule has 0 bridgehead atoms. The molecule has 64 heavy (non-hydrogen) atoms. The van der Waals surface area contributed by atoms with E-state index >= 15 is 0 Å². The fourth-order valence-electron chi connectivity index (χ4n) is 10.2. The molecule has 1 unspecified atom stereocenters. The zero-order valence-corrected chi connectivity index (χ0v) is 34.9. The van der Waals surface area contributed by atoms with E-state index in [4.69, 9.17) is 4.99 Å². The molecular formula is C60H40N4. The summed E-state index contributed by atoms with van der Waals surface area (Å²) in [6, 6.07) is 81.2. The van der Waals surface area contributed by atoms with Gasteiger partial charge in [-0.1, -0.05) is 146 Å². The Bertz CT molecular complexity index is 3730. The van der Waals surface area contributed by atoms with Gasteiger partial charge in [0.2, 0.25) is 0 Å². The molecule has 0 amide bonds. The number of fused-ring (bicyclic) bond motifs is 10. The molecule has 1 aliphatic rings. The van der Waals surface area contributed by atoms with Gasteiger partial charge in [0.1, 0.15) is 5.84 Å². The lowest BCUT2D eigenvalue weighted by atomic mass is 9.89. The van der Waals surface area contributed by atoms with Gasteiger partial charge in [-0.3, -0.25) is 0 Å². The van der Waals surface area contributed by atoms with Crippen molar-refractivity contribution in [2.75, 3.05) is 0 Å². The molecule has 0 radical (unpaired) electrons. The minimum absolute atomic E-state index is 0.116. The van der Waals surface area contributed by atoms with Crippen LogP contribution in [0, 0.1) is 0 Å². The fourth-order valence-corrected chi connectivity index (χ4v) is 10.2. The van der Waals surface area contributed by atoms with Gasteiger partial charge < -0.3 is 14.5 Å². The van der Waals surface area contributed by atoms with Crippen molar-refractivity contribution in [1.29, 1.82) is 0 Å². The van der Waals surface area contributed by atoms with E-state index in [9.17, 15) is 0 Å². The smallest absolute Gasteiger partial charge is 0.134 e. The van der Waals surface area contributed by atoms with Crippen LogP contribution in [0.1, 0.15) is 22.7 Å². The molecule has 2 aromatic heterocycles. The van der Waals surface area contributed by atoms with Crippen LogP contribution in [0.2, 0.25) is 0 Å². The molecule has 13 rings (SSSR count). The highest BCUT2D eigenvalue weighted by molar-refractivity contribution is 6.33. The van der Waals surface area contributed by atoms with Crippen LogP contribution in [-0.4, -0.2) is 15.0 Å². The van der Waals surface area contributed by atoms with E-state index in [0.717, 1.165) is 34.0 Å². The summed E-state index contributed by atoms with van der Waals surface area (Å²) in [5.41, 5.74) is 14.9. The van der Waals surface area contributed by atoms with Gasteiger partial charge in [0.25, 0.3) is 0 Å². The monoisotopic (exact) mass is 816 g/mol. The largest absolute Gasteiger partial charge is 0.359 e. The second-order valence-corrected chi connectivity index (χ2v) is 16.8. The first-order valence-corrected chi connectivity index (χ1v) is 22.0. The number of amidine groups is 1. The maximum absolute atomic E-state index is 5.28. The minimum Gasteiger partial charge on any atom is -0.359 e. The van der Waals surface area contributed by atoms with E-state index in [2.05, 4.69) is 245 Å². The van der Waals surface area contributed by atoms with Gasteiger partial charge in [0.05, 0.1) is 28.3 Å². The third-order valence-corrected chi connectivity index (χ3v) is 13.1. The van der Waals surface area contributed by atoms with Gasteiger partial charge in [0, 0.05) is 50.2 Å². The van der Waals surface area contributed by atoms with Crippen LogP contribution in [0.15, 0.2) is 236 Å². The number of nitrogens with zero attached hydrogens (tertiary/aromatic N) is 3. The van der Waals surface area contributed by atoms with Gasteiger partial charge in [-0.25, -0.2) is 4.99 Å². The van der Waals surface area contributed by atoms with Gasteiger partial charge in [-0.15, -0.1) is 0 Å². The zero-order valence-electron chi connectivity index (χ0n) is 34.9. The van der Waals surface area contributed by atoms with Crippen LogP contribution in [-0.2, 0) is 0 Å². The van der Waals surface area contributed by atoms with E-state index in [1.807, 2.05) is 0 Å². The van der Waals surface area contributed by atoms with E-state index in [1.165, 1.54) is 82.1 Å². The lowest BCUT2D eigenvalue weighted by Crippen LogP contribution is -2.32. The zero-order chi connectivity index (χ0) is 42.1. The Morgan fingerprint density at radius 3 is 1.70 bits per heavy atom. The highest BCUT2D eigenvalue weighted by Gasteiger charge is 2.26. The molecule has 0 saturated heterocycles. The van der Waals surface area contributed by atoms with Crippen molar-refractivity contribution < 1.29 is 0 Å². The van der Waals surface area contributed by atoms with Gasteiger partial charge in [0.15, 0.2) is 0 Å². The number of benzene rings is 10. The molecule has 4 nitrogen and oxygen atoms in total. The Labute approximate surface area is 370 Å². The van der Waals surface area contributed by atoms with Crippen molar-refractivity contribution in [3.8, 4) is 33.6 Å². The first-order valence-electron chi connectivity index (χ1n) is 22.0. The van der Waals surface area contributed by atoms with Crippen molar-refractivity contribution in [2.24, 2.45) is 4.99 Å². The Balaban J connectivity index is 0.981. The molecule has 3 heterocycles. The van der Waals surface area contributed by atoms with Crippen molar-refractivity contribution >= 4 is 65.8 Å². The molecule has 1 N–H and O–H groups in total. The van der Waals surface area contributed by atoms with Crippen molar-refractivity contribution in [1.82, 2.24) is 14.5 Å². The highest BCUT2D eigenvalue weighted by atomic mass is 15.1. The van der Waals surface area contributed by atoms with E-state index in [-0.39, 0.29) is 6.04 Å². The summed E-state index contributed by atoms with van der Waals surface area (Å²) in [7, 11) is 0. The number of aliphatic imine (C=N–C) groups is 1. The first kappa shape index (κ1) is 36.2. The Hall–Kier alpha value is -8.47. The second kappa shape index (κ2) is 14.6. The Morgan fingerprint density at radius 1 is 0.406 bits per heavy atom. The summed E-state index contributed by atoms with van der Waals surface area (Å²) in [5.74, 6) is 0.850. The van der Waals surface area contributed by atoms with Crippen LogP contribution in [0.25, 0.3) is 87.9 Å². The lowest BCUT2D eigenvalue weighted by Gasteiger charge is -2.28. The fraction of sp³-hybridized carbons (Fsp3) is 0.0167. The Kier molecular flexibility index (Phi) is 8.25. The molecule has 12 aromatic rings. The Morgan fingerprint density at radius 2 is 1.00 bits per heavy atom. The topological polar surface area (TPSA) is 34.2 Å². The second-order valence-electron chi connectivity index (χ2n) is 16.8. The quantitative estimate of drug-likeness (QED) is 0.167. The third kappa shape index (κ3) is 5.80. The van der Waals surface area contributed by atoms with Gasteiger partial charge in [-0.2, -0.15) is 0 Å². The molecule has 1 atom stereocenters. The number of para-hydroxylation sites is 2. The van der Waals surface area contributed by atoms with Crippen LogP contribution in [0.5, 0.6) is 0 Å². The maximum Gasteiger partial charge on any atom is 0.134 e. The molecular weight excluding hydrogens is 777 g/mol. The summed E-state index contributed by atoms with van der Waals surface area (Å²) in [5, 5.41) is 12.7. The third-order valence-electron chi connectivity index (χ3n) is 13.1. The van der Waals surface area contributed by atoms with Gasteiger partial charge in [-0.05, 0) is 123 Å². The summed E-state index contributed by atoms with van der Waals surface area (Å²) in [4.78, 5) is 5.28. The first-order chi connectivity index (χ1) is 31.7. The molecule has 0 aliphatic carbocycles. The minimum atomic E-state index is -0.116. The van der Waals surface area contributed by atoms with E-state index in [1.54, 1.807) is 0 Å². The summed E-state index contributed by atoms with van der Waals surface area (Å²) in [6.45, 7) is 0. The lowest BCUT2D eigenvalue weighted by molar-refractivity contribution is 0.750. The molecule has 0 saturated carbocycles. The van der Waals surface area contributed by atoms with Crippen LogP contribution >= 0.6 is 0 Å². The number of nitrogens with one attached hydrogen (secondary N) is 1. The van der Waals surface area contributed by atoms with Crippen molar-refractivity contribution in [3.63, 3.8) is 0 Å². The maximum atomic E-state index is 5.28. The summed E-state index contributed by atoms with van der Waals surface area (Å²) in [6.07, 6.45) is 2.19. The van der Waals surface area contributed by atoms with Crippen LogP contribution in [0.3, 0.4) is 0 Å². The normalized spacial score (nSPS) is 13.7. The number of aromatic nitrogens is 2. The predicted molar refractivity (Wildman–Crippen MR) is 268 cm³/mol. The van der Waals surface area contributed by atoms with E-state index in [0.29, 0.717) is 0 Å². The van der Waals surface area contributed by atoms with E-state index < -0.39 is 0 Å². The SMILES string of the molecule is c1ccc(-c2cc(-c3ccccc3)cc(C3NC(c4ccc(-n5c6cc7c(ccn7-c7ccccc7)cc6c6c7ccccc7c7ccccc7c65)cc4)=Nc4ccccc43)c2)cc1. The molecule has 4 heteroatoms. The molecule has 0 spiro atoms. The van der Waals surface area contributed by atoms with Crippen molar-refractivity contribution in [2.45, 2.75) is 6.04 Å². The molecule has 300 valence electrons. The molecule has 10 aromatic carbocycles. The average molecular weight is 817 g/mol. The van der Waals surface area contributed by atoms with Crippen LogP contribution in [0.4, 0.5) is 5.69 Å². The molecule has 0 fully saturated rings. The van der Waals surface area contributed by atoms with Crippen LogP contribution < -0.4 is 5.32 Å².